The SMILES string of the molecule is O=C(Nc1ccc(-c2nc(-c3ccc(CN4CCOCC4)s3)nc(N3CCOCC3)n2)cc1)NC1CN2CCC1CC2. The van der Waals surface area contributed by atoms with Gasteiger partial charge in [-0.3, -0.25) is 4.90 Å². The van der Waals surface area contributed by atoms with Crippen molar-refractivity contribution in [1.29, 1.82) is 0 Å². The molecule has 11 nitrogen and oxygen atoms in total. The second-order valence-corrected chi connectivity index (χ2v) is 12.6. The number of hydrogen-bond donors (Lipinski definition) is 2. The van der Waals surface area contributed by atoms with Gasteiger partial charge in [0.15, 0.2) is 11.6 Å². The first-order valence-electron chi connectivity index (χ1n) is 15.0. The van der Waals surface area contributed by atoms with E-state index in [-0.39, 0.29) is 12.1 Å². The standard InChI is InChI=1S/C30H38N8O3S/c39-30(32-25-20-36-9-7-21(25)8-10-36)31-23-3-1-22(2-4-23)27-33-28(35-29(34-27)38-13-17-41-18-14-38)26-6-5-24(42-26)19-37-11-15-40-16-12-37/h1-6,21,25H,7-20H2,(H2,31,32,39). The van der Waals surface area contributed by atoms with Crippen LogP contribution in [0.1, 0.15) is 17.7 Å². The lowest BCUT2D eigenvalue weighted by Crippen LogP contribution is -2.57. The molecule has 7 heterocycles. The number of aromatic nitrogens is 3. The number of benzene rings is 1. The van der Waals surface area contributed by atoms with Gasteiger partial charge in [-0.1, -0.05) is 0 Å². The number of morpholine rings is 2. The van der Waals surface area contributed by atoms with Crippen LogP contribution in [0.4, 0.5) is 16.4 Å². The summed E-state index contributed by atoms with van der Waals surface area (Å²) in [7, 11) is 0. The van der Waals surface area contributed by atoms with Gasteiger partial charge in [0.1, 0.15) is 0 Å². The van der Waals surface area contributed by atoms with Crippen LogP contribution in [0.15, 0.2) is 36.4 Å². The first kappa shape index (κ1) is 27.7. The number of anilines is 2. The highest BCUT2D eigenvalue weighted by Crippen LogP contribution is 2.31. The highest BCUT2D eigenvalue weighted by Gasteiger charge is 2.34. The minimum atomic E-state index is -0.149. The highest BCUT2D eigenvalue weighted by molar-refractivity contribution is 7.15. The molecule has 222 valence electrons. The minimum absolute atomic E-state index is 0.149. The van der Waals surface area contributed by atoms with Crippen LogP contribution in [-0.2, 0) is 16.0 Å². The highest BCUT2D eigenvalue weighted by atomic mass is 32.1. The molecule has 3 aromatic rings. The number of nitrogens with one attached hydrogen (secondary N) is 2. The van der Waals surface area contributed by atoms with E-state index < -0.39 is 0 Å². The fourth-order valence-electron chi connectivity index (χ4n) is 6.24. The van der Waals surface area contributed by atoms with Crippen molar-refractivity contribution in [3.05, 3.63) is 41.3 Å². The normalized spacial score (nSPS) is 24.5. The molecule has 5 aliphatic heterocycles. The van der Waals surface area contributed by atoms with Crippen LogP contribution in [0.2, 0.25) is 0 Å². The van der Waals surface area contributed by atoms with Gasteiger partial charge in [-0.2, -0.15) is 9.97 Å². The molecule has 1 unspecified atom stereocenters. The number of ether oxygens (including phenoxy) is 2. The fraction of sp³-hybridized carbons (Fsp3) is 0.533. The molecule has 5 saturated heterocycles. The summed E-state index contributed by atoms with van der Waals surface area (Å²) in [5.74, 6) is 2.55. The van der Waals surface area contributed by atoms with Crippen LogP contribution >= 0.6 is 11.3 Å². The number of fused-ring (bicyclic) bond motifs is 3. The number of carbonyl (C=O) groups is 1. The van der Waals surface area contributed by atoms with E-state index in [0.29, 0.717) is 36.7 Å². The molecule has 2 N–H and O–H groups in total. The Balaban J connectivity index is 1.08. The number of amides is 2. The number of rotatable bonds is 7. The van der Waals surface area contributed by atoms with Gasteiger partial charge in [0.25, 0.3) is 0 Å². The van der Waals surface area contributed by atoms with Crippen LogP contribution in [0.25, 0.3) is 22.1 Å². The Labute approximate surface area is 250 Å². The fourth-order valence-corrected chi connectivity index (χ4v) is 7.22. The summed E-state index contributed by atoms with van der Waals surface area (Å²) in [5, 5.41) is 6.20. The molecule has 0 spiro atoms. The third kappa shape index (κ3) is 6.42. The number of piperidine rings is 3. The lowest BCUT2D eigenvalue weighted by molar-refractivity contribution is 0.0346. The molecule has 5 fully saturated rings. The van der Waals surface area contributed by atoms with Crippen LogP contribution < -0.4 is 15.5 Å². The quantitative estimate of drug-likeness (QED) is 0.429. The van der Waals surface area contributed by atoms with Gasteiger partial charge in [0.2, 0.25) is 5.95 Å². The Hall–Kier alpha value is -3.16. The van der Waals surface area contributed by atoms with E-state index in [9.17, 15) is 4.79 Å². The molecule has 0 radical (unpaired) electrons. The van der Waals surface area contributed by atoms with Gasteiger partial charge in [0.05, 0.1) is 31.3 Å². The van der Waals surface area contributed by atoms with E-state index in [4.69, 9.17) is 24.4 Å². The van der Waals surface area contributed by atoms with Gasteiger partial charge in [-0.05, 0) is 68.2 Å². The smallest absolute Gasteiger partial charge is 0.319 e. The summed E-state index contributed by atoms with van der Waals surface area (Å²) < 4.78 is 11.1. The van der Waals surface area contributed by atoms with E-state index in [1.54, 1.807) is 11.3 Å². The molecule has 12 heteroatoms. The lowest BCUT2D eigenvalue weighted by atomic mass is 9.84. The van der Waals surface area contributed by atoms with E-state index in [2.05, 4.69) is 37.5 Å². The Bertz CT molecular complexity index is 1370. The van der Waals surface area contributed by atoms with E-state index >= 15 is 0 Å². The molecular formula is C30H38N8O3S. The Kier molecular flexibility index (Phi) is 8.30. The number of carbonyl (C=O) groups excluding carboxylic acids is 1. The first-order valence-corrected chi connectivity index (χ1v) is 15.9. The minimum Gasteiger partial charge on any atom is -0.379 e. The van der Waals surface area contributed by atoms with Crippen LogP contribution in [0.5, 0.6) is 0 Å². The molecule has 5 aliphatic rings. The molecule has 8 rings (SSSR count). The molecule has 42 heavy (non-hydrogen) atoms. The van der Waals surface area contributed by atoms with Crippen molar-refractivity contribution in [2.45, 2.75) is 25.4 Å². The molecule has 0 saturated carbocycles. The van der Waals surface area contributed by atoms with Gasteiger partial charge in [0, 0.05) is 61.4 Å². The molecule has 1 atom stereocenters. The van der Waals surface area contributed by atoms with Gasteiger partial charge >= 0.3 is 6.03 Å². The predicted octanol–water partition coefficient (Wildman–Crippen LogP) is 3.15. The van der Waals surface area contributed by atoms with Crippen molar-refractivity contribution in [1.82, 2.24) is 30.1 Å². The summed E-state index contributed by atoms with van der Waals surface area (Å²) in [6.07, 6.45) is 2.33. The number of hydrogen-bond acceptors (Lipinski definition) is 10. The van der Waals surface area contributed by atoms with Crippen molar-refractivity contribution in [3.8, 4) is 22.1 Å². The lowest BCUT2D eigenvalue weighted by Gasteiger charge is -2.44. The van der Waals surface area contributed by atoms with Crippen molar-refractivity contribution in [2.24, 2.45) is 5.92 Å². The van der Waals surface area contributed by atoms with Crippen LogP contribution in [-0.4, -0.2) is 109 Å². The summed E-state index contributed by atoms with van der Waals surface area (Å²) >= 11 is 1.73. The van der Waals surface area contributed by atoms with Gasteiger partial charge in [-0.25, -0.2) is 9.78 Å². The predicted molar refractivity (Wildman–Crippen MR) is 163 cm³/mol. The zero-order valence-electron chi connectivity index (χ0n) is 23.8. The van der Waals surface area contributed by atoms with E-state index in [0.717, 1.165) is 81.7 Å². The van der Waals surface area contributed by atoms with Crippen molar-refractivity contribution in [3.63, 3.8) is 0 Å². The van der Waals surface area contributed by atoms with Gasteiger partial charge in [-0.15, -0.1) is 11.3 Å². The van der Waals surface area contributed by atoms with Crippen molar-refractivity contribution >= 4 is 29.0 Å². The summed E-state index contributed by atoms with van der Waals surface area (Å²) in [5.41, 5.74) is 1.62. The Morgan fingerprint density at radius 2 is 1.57 bits per heavy atom. The molecule has 2 aromatic heterocycles. The van der Waals surface area contributed by atoms with E-state index in [1.807, 2.05) is 24.3 Å². The zero-order chi connectivity index (χ0) is 28.3. The average Bonchev–Trinajstić information content (AvgIpc) is 3.51. The average molecular weight is 591 g/mol. The third-order valence-electron chi connectivity index (χ3n) is 8.66. The summed E-state index contributed by atoms with van der Waals surface area (Å²) in [6.45, 7) is 10.4. The second-order valence-electron chi connectivity index (χ2n) is 11.5. The van der Waals surface area contributed by atoms with E-state index in [1.165, 1.54) is 17.7 Å². The number of urea groups is 1. The molecule has 2 amide bonds. The summed E-state index contributed by atoms with van der Waals surface area (Å²) in [6, 6.07) is 12.1. The number of nitrogens with zero attached hydrogens (tertiary/aromatic N) is 6. The van der Waals surface area contributed by atoms with Crippen molar-refractivity contribution in [2.75, 3.05) is 82.5 Å². The number of thiophene rings is 1. The maximum Gasteiger partial charge on any atom is 0.319 e. The molecular weight excluding hydrogens is 552 g/mol. The topological polar surface area (TPSA) is 108 Å². The van der Waals surface area contributed by atoms with Crippen LogP contribution in [0.3, 0.4) is 0 Å². The second kappa shape index (κ2) is 12.6. The largest absolute Gasteiger partial charge is 0.379 e. The monoisotopic (exact) mass is 590 g/mol. The maximum atomic E-state index is 12.8. The Morgan fingerprint density at radius 3 is 2.29 bits per heavy atom. The molecule has 2 bridgehead atoms. The zero-order valence-corrected chi connectivity index (χ0v) is 24.7. The van der Waals surface area contributed by atoms with Crippen molar-refractivity contribution < 1.29 is 14.3 Å². The summed E-state index contributed by atoms with van der Waals surface area (Å²) in [4.78, 5) is 36.8. The van der Waals surface area contributed by atoms with Crippen LogP contribution in [0, 0.1) is 5.92 Å². The third-order valence-corrected chi connectivity index (χ3v) is 9.72. The Morgan fingerprint density at radius 1 is 0.857 bits per heavy atom. The molecule has 1 aromatic carbocycles. The maximum absolute atomic E-state index is 12.8. The first-order chi connectivity index (χ1) is 20.7. The molecule has 0 aliphatic carbocycles. The van der Waals surface area contributed by atoms with Gasteiger partial charge < -0.3 is 29.9 Å².